The highest BCUT2D eigenvalue weighted by Crippen LogP contribution is 2.31. The molecule has 13 heteroatoms. The molecule has 0 spiro atoms. The summed E-state index contributed by atoms with van der Waals surface area (Å²) in [6, 6.07) is 16.5. The second-order valence-corrected chi connectivity index (χ2v) is 8.84. The number of para-hydroxylation sites is 1. The minimum Gasteiger partial charge on any atom is -0.405 e. The number of benzene rings is 2. The number of hydrogen-bond acceptors (Lipinski definition) is 8. The van der Waals surface area contributed by atoms with E-state index in [1.165, 1.54) is 19.9 Å². The third-order valence-electron chi connectivity index (χ3n) is 5.96. The number of amidine groups is 1. The van der Waals surface area contributed by atoms with Crippen molar-refractivity contribution in [2.24, 2.45) is 15.7 Å². The van der Waals surface area contributed by atoms with E-state index in [-0.39, 0.29) is 11.4 Å². The number of nitrogens with two attached hydrogens (primary N) is 1. The number of anilines is 2. The lowest BCUT2D eigenvalue weighted by molar-refractivity contribution is -0.137. The van der Waals surface area contributed by atoms with Gasteiger partial charge in [-0.3, -0.25) is 10.2 Å². The Kier molecular flexibility index (Phi) is 9.30. The summed E-state index contributed by atoms with van der Waals surface area (Å²) in [6.07, 6.45) is -2.84. The van der Waals surface area contributed by atoms with Crippen LogP contribution >= 0.6 is 0 Å². The molecule has 5 N–H and O–H groups in total. The molecular weight excluding hydrogens is 539 g/mol. The monoisotopic (exact) mass is 567 g/mol. The number of hydrogen-bond donors (Lipinski definition) is 4. The molecule has 3 heterocycles. The van der Waals surface area contributed by atoms with Gasteiger partial charge in [-0.1, -0.05) is 48.5 Å². The number of carbonyl (C=O) groups excluding carboxylic acids is 1. The van der Waals surface area contributed by atoms with E-state index in [1.807, 2.05) is 36.4 Å². The predicted octanol–water partition coefficient (Wildman–Crippen LogP) is 4.41. The van der Waals surface area contributed by atoms with Gasteiger partial charge in [0.15, 0.2) is 0 Å². The number of aliphatic imine (C=N–C) groups is 2. The van der Waals surface area contributed by atoms with Crippen molar-refractivity contribution in [3.05, 3.63) is 89.2 Å². The third-order valence-corrected chi connectivity index (χ3v) is 5.96. The SMILES string of the molecule is C1CCOC1.CNc1cc(C(F)(F)F)cnc1C(=N)O/C(N)=N/C1N=C(c2ccccc2)c2ccccc2NC1=O. The number of aromatic nitrogens is 1. The summed E-state index contributed by atoms with van der Waals surface area (Å²) in [4.78, 5) is 25.0. The van der Waals surface area contributed by atoms with Gasteiger partial charge < -0.3 is 25.8 Å². The topological polar surface area (TPSA) is 147 Å². The highest BCUT2D eigenvalue weighted by Gasteiger charge is 2.32. The molecule has 2 aliphatic rings. The zero-order chi connectivity index (χ0) is 29.4. The minimum absolute atomic E-state index is 0.102. The van der Waals surface area contributed by atoms with Gasteiger partial charge in [0, 0.05) is 37.6 Å². The van der Waals surface area contributed by atoms with Crippen LogP contribution in [0.15, 0.2) is 76.8 Å². The summed E-state index contributed by atoms with van der Waals surface area (Å²) in [5.41, 5.74) is 6.95. The van der Waals surface area contributed by atoms with Crippen molar-refractivity contribution in [1.29, 1.82) is 5.41 Å². The zero-order valence-corrected chi connectivity index (χ0v) is 22.0. The summed E-state index contributed by atoms with van der Waals surface area (Å²) in [5, 5.41) is 13.4. The lowest BCUT2D eigenvalue weighted by Gasteiger charge is -2.13. The van der Waals surface area contributed by atoms with Crippen LogP contribution in [0.3, 0.4) is 0 Å². The first-order chi connectivity index (χ1) is 19.7. The average Bonchev–Trinajstić information content (AvgIpc) is 3.52. The Morgan fingerprint density at radius 3 is 2.46 bits per heavy atom. The average molecular weight is 568 g/mol. The number of ether oxygens (including phenoxy) is 2. The Labute approximate surface area is 234 Å². The number of halogens is 3. The fraction of sp³-hybridized carbons (Fsp3) is 0.250. The number of pyridine rings is 1. The first-order valence-electron chi connectivity index (χ1n) is 12.6. The lowest BCUT2D eigenvalue weighted by Crippen LogP contribution is -2.29. The van der Waals surface area contributed by atoms with Crippen LogP contribution in [0.5, 0.6) is 0 Å². The first-order valence-corrected chi connectivity index (χ1v) is 12.6. The quantitative estimate of drug-likeness (QED) is 0.271. The van der Waals surface area contributed by atoms with Gasteiger partial charge in [-0.05, 0) is 25.0 Å². The number of amides is 1. The van der Waals surface area contributed by atoms with Gasteiger partial charge in [-0.2, -0.15) is 18.2 Å². The molecule has 10 nitrogen and oxygen atoms in total. The molecule has 1 saturated heterocycles. The molecule has 0 radical (unpaired) electrons. The first kappa shape index (κ1) is 29.2. The normalized spacial score (nSPS) is 16.8. The third kappa shape index (κ3) is 7.45. The molecule has 2 aliphatic heterocycles. The van der Waals surface area contributed by atoms with Crippen LogP contribution in [-0.2, 0) is 20.4 Å². The van der Waals surface area contributed by atoms with E-state index < -0.39 is 35.7 Å². The van der Waals surface area contributed by atoms with Crippen LogP contribution < -0.4 is 16.4 Å². The number of alkyl halides is 3. The van der Waals surface area contributed by atoms with E-state index >= 15 is 0 Å². The Morgan fingerprint density at radius 1 is 1.15 bits per heavy atom. The molecule has 1 amide bonds. The van der Waals surface area contributed by atoms with Gasteiger partial charge in [-0.25, -0.2) is 9.98 Å². The smallest absolute Gasteiger partial charge is 0.405 e. The molecule has 1 aromatic heterocycles. The van der Waals surface area contributed by atoms with Crippen molar-refractivity contribution in [2.75, 3.05) is 30.9 Å². The number of carbonyl (C=O) groups is 1. The van der Waals surface area contributed by atoms with E-state index in [2.05, 4.69) is 25.6 Å². The fourth-order valence-electron chi connectivity index (χ4n) is 3.96. The Balaban J connectivity index is 0.000000699. The maximum absolute atomic E-state index is 13.0. The van der Waals surface area contributed by atoms with Gasteiger partial charge in [0.25, 0.3) is 11.9 Å². The predicted molar refractivity (Wildman–Crippen MR) is 149 cm³/mol. The molecule has 1 atom stereocenters. The fourth-order valence-corrected chi connectivity index (χ4v) is 3.96. The molecule has 0 aliphatic carbocycles. The Morgan fingerprint density at radius 2 is 1.83 bits per heavy atom. The standard InChI is InChI=1S/C24H20F3N7O2.C4H8O/c1-30-17-11-14(24(25,26)27)12-31-19(17)20(28)36-23(29)34-21-22(35)32-16-10-6-5-9-15(16)18(33-21)13-7-3-2-4-8-13;1-2-4-5-3-1/h2-12,21,28,30H,1H3,(H2,29,34)(H,32,35);1-4H2. The van der Waals surface area contributed by atoms with E-state index in [9.17, 15) is 18.0 Å². The Hall–Kier alpha value is -4.78. The molecule has 1 unspecified atom stereocenters. The maximum Gasteiger partial charge on any atom is 0.417 e. The molecular formula is C28H28F3N7O3. The second-order valence-electron chi connectivity index (χ2n) is 8.84. The lowest BCUT2D eigenvalue weighted by atomic mass is 10.0. The largest absolute Gasteiger partial charge is 0.417 e. The van der Waals surface area contributed by atoms with Gasteiger partial charge in [0.1, 0.15) is 5.69 Å². The summed E-state index contributed by atoms with van der Waals surface area (Å²) in [6.45, 7) is 2.00. The van der Waals surface area contributed by atoms with Crippen molar-refractivity contribution in [1.82, 2.24) is 4.98 Å². The molecule has 3 aromatic rings. The summed E-state index contributed by atoms with van der Waals surface area (Å²) in [5.74, 6) is -1.26. The molecule has 1 fully saturated rings. The van der Waals surface area contributed by atoms with Gasteiger partial charge >= 0.3 is 6.18 Å². The van der Waals surface area contributed by atoms with Crippen LogP contribution in [-0.4, -0.2) is 54.9 Å². The van der Waals surface area contributed by atoms with Crippen LogP contribution in [0, 0.1) is 5.41 Å². The van der Waals surface area contributed by atoms with E-state index in [0.29, 0.717) is 23.2 Å². The summed E-state index contributed by atoms with van der Waals surface area (Å²) in [7, 11) is 1.37. The van der Waals surface area contributed by atoms with Gasteiger partial charge in [0.2, 0.25) is 12.1 Å². The van der Waals surface area contributed by atoms with Gasteiger partial charge in [-0.15, -0.1) is 0 Å². The number of nitrogens with zero attached hydrogens (tertiary/aromatic N) is 3. The van der Waals surface area contributed by atoms with E-state index in [4.69, 9.17) is 20.6 Å². The summed E-state index contributed by atoms with van der Waals surface area (Å²) < 4.78 is 49.1. The van der Waals surface area contributed by atoms with E-state index in [0.717, 1.165) is 24.8 Å². The molecule has 41 heavy (non-hydrogen) atoms. The molecule has 0 saturated carbocycles. The minimum atomic E-state index is -4.61. The number of fused-ring (bicyclic) bond motifs is 1. The molecule has 214 valence electrons. The van der Waals surface area contributed by atoms with Crippen LogP contribution in [0.2, 0.25) is 0 Å². The molecule has 2 aromatic carbocycles. The number of benzodiazepines with no additional fused rings is 1. The highest BCUT2D eigenvalue weighted by molar-refractivity contribution is 6.19. The van der Waals surface area contributed by atoms with Crippen molar-refractivity contribution in [3.8, 4) is 0 Å². The van der Waals surface area contributed by atoms with Crippen LogP contribution in [0.1, 0.15) is 35.2 Å². The van der Waals surface area contributed by atoms with Crippen molar-refractivity contribution in [2.45, 2.75) is 25.2 Å². The molecule has 0 bridgehead atoms. The van der Waals surface area contributed by atoms with Crippen molar-refractivity contribution < 1.29 is 27.4 Å². The Bertz CT molecular complexity index is 1450. The summed E-state index contributed by atoms with van der Waals surface area (Å²) >= 11 is 0. The maximum atomic E-state index is 13.0. The zero-order valence-electron chi connectivity index (χ0n) is 22.0. The van der Waals surface area contributed by atoms with Gasteiger partial charge in [0.05, 0.1) is 22.6 Å². The highest BCUT2D eigenvalue weighted by atomic mass is 19.4. The second kappa shape index (κ2) is 13.0. The van der Waals surface area contributed by atoms with E-state index in [1.54, 1.807) is 18.2 Å². The van der Waals surface area contributed by atoms with Crippen LogP contribution in [0.25, 0.3) is 0 Å². The number of nitrogens with one attached hydrogen (secondary N) is 3. The van der Waals surface area contributed by atoms with Crippen LogP contribution in [0.4, 0.5) is 24.5 Å². The van der Waals surface area contributed by atoms with Crippen molar-refractivity contribution in [3.63, 3.8) is 0 Å². The van der Waals surface area contributed by atoms with Crippen molar-refractivity contribution >= 4 is 34.9 Å². The molecule has 5 rings (SSSR count). The number of rotatable bonds is 4.